The molecule has 1 heterocycles. The molecule has 1 aromatic heterocycles. The summed E-state index contributed by atoms with van der Waals surface area (Å²) in [5.74, 6) is -0.907. The van der Waals surface area contributed by atoms with E-state index >= 15 is 0 Å². The quantitative estimate of drug-likeness (QED) is 0.709. The van der Waals surface area contributed by atoms with Crippen molar-refractivity contribution in [2.24, 2.45) is 0 Å². The zero-order valence-corrected chi connectivity index (χ0v) is 8.06. The zero-order valence-electron chi connectivity index (χ0n) is 6.49. The lowest BCUT2D eigenvalue weighted by atomic mass is 10.4. The van der Waals surface area contributed by atoms with Crippen LogP contribution in [0.2, 0.25) is 0 Å². The molecule has 0 fully saturated rings. The van der Waals surface area contributed by atoms with Crippen LogP contribution in [0.5, 0.6) is 5.75 Å². The van der Waals surface area contributed by atoms with Crippen molar-refractivity contribution in [3.63, 3.8) is 0 Å². The molecule has 1 aromatic rings. The molecule has 0 saturated carbocycles. The van der Waals surface area contributed by atoms with Gasteiger partial charge >= 0.3 is 0 Å². The van der Waals surface area contributed by atoms with Crippen LogP contribution in [0.15, 0.2) is 17.3 Å². The fourth-order valence-electron chi connectivity index (χ4n) is 0.699. The fourth-order valence-corrected chi connectivity index (χ4v) is 1.51. The lowest BCUT2D eigenvalue weighted by molar-refractivity contribution is 0.406. The van der Waals surface area contributed by atoms with Crippen LogP contribution in [0.1, 0.15) is 0 Å². The third-order valence-corrected chi connectivity index (χ3v) is 2.45. The van der Waals surface area contributed by atoms with Crippen LogP contribution in [0.4, 0.5) is 4.39 Å². The number of nitrogens with zero attached hydrogens (tertiary/aromatic N) is 1. The highest BCUT2D eigenvalue weighted by atomic mass is 35.7. The van der Waals surface area contributed by atoms with Crippen LogP contribution in [0, 0.1) is 5.82 Å². The van der Waals surface area contributed by atoms with Crippen molar-refractivity contribution in [3.8, 4) is 5.75 Å². The van der Waals surface area contributed by atoms with Gasteiger partial charge in [-0.1, -0.05) is 0 Å². The number of hydrogen-bond donors (Lipinski definition) is 0. The molecule has 0 aromatic carbocycles. The van der Waals surface area contributed by atoms with Gasteiger partial charge in [-0.05, 0) is 0 Å². The average molecular weight is 226 g/mol. The molecule has 7 heteroatoms. The minimum Gasteiger partial charge on any atom is -0.495 e. The zero-order chi connectivity index (χ0) is 10.1. The van der Waals surface area contributed by atoms with Crippen LogP contribution >= 0.6 is 10.7 Å². The molecule has 0 amide bonds. The van der Waals surface area contributed by atoms with Crippen molar-refractivity contribution in [2.45, 2.75) is 5.03 Å². The van der Waals surface area contributed by atoms with Crippen LogP contribution in [-0.2, 0) is 9.05 Å². The summed E-state index contributed by atoms with van der Waals surface area (Å²) in [6.07, 6.45) is 1.07. The molecule has 0 aliphatic heterocycles. The number of pyridine rings is 1. The second-order valence-electron chi connectivity index (χ2n) is 2.10. The molecule has 0 spiro atoms. The van der Waals surface area contributed by atoms with E-state index in [1.165, 1.54) is 7.11 Å². The molecule has 0 unspecified atom stereocenters. The molecule has 0 radical (unpaired) electrons. The second kappa shape index (κ2) is 3.47. The maximum atomic E-state index is 12.9. The van der Waals surface area contributed by atoms with E-state index in [-0.39, 0.29) is 5.75 Å². The Labute approximate surface area is 78.7 Å². The van der Waals surface area contributed by atoms with Gasteiger partial charge in [-0.3, -0.25) is 0 Å². The summed E-state index contributed by atoms with van der Waals surface area (Å²) in [6.45, 7) is 0. The lowest BCUT2D eigenvalue weighted by Gasteiger charge is -2.00. The molecule has 72 valence electrons. The fraction of sp³-hybridized carbons (Fsp3) is 0.167. The summed E-state index contributed by atoms with van der Waals surface area (Å²) >= 11 is 0. The van der Waals surface area contributed by atoms with Crippen LogP contribution in [-0.4, -0.2) is 20.5 Å². The second-order valence-corrected chi connectivity index (χ2v) is 4.58. The minimum absolute atomic E-state index is 0.126. The predicted molar refractivity (Wildman–Crippen MR) is 43.8 cm³/mol. The number of ether oxygens (including phenoxy) is 1. The standard InChI is InChI=1S/C6H5ClFNO3S/c1-12-4-2-5(8)6(9-3-4)13(7,10)11/h2-3H,1H3. The number of hydrogen-bond acceptors (Lipinski definition) is 4. The Morgan fingerprint density at radius 3 is 2.62 bits per heavy atom. The summed E-state index contributed by atoms with van der Waals surface area (Å²) in [7, 11) is 2.07. The maximum Gasteiger partial charge on any atom is 0.281 e. The number of methoxy groups -OCH3 is 1. The maximum absolute atomic E-state index is 12.9. The Bertz CT molecular complexity index is 420. The number of aromatic nitrogens is 1. The normalized spacial score (nSPS) is 11.3. The van der Waals surface area contributed by atoms with Gasteiger partial charge in [0, 0.05) is 16.7 Å². The summed E-state index contributed by atoms with van der Waals surface area (Å²) in [4.78, 5) is 3.30. The first-order valence-corrected chi connectivity index (χ1v) is 5.40. The van der Waals surface area contributed by atoms with Gasteiger partial charge in [0.15, 0.2) is 5.82 Å². The highest BCUT2D eigenvalue weighted by Gasteiger charge is 2.18. The van der Waals surface area contributed by atoms with E-state index in [2.05, 4.69) is 9.72 Å². The molecule has 0 aliphatic carbocycles. The van der Waals surface area contributed by atoms with E-state index < -0.39 is 19.9 Å². The molecular weight excluding hydrogens is 221 g/mol. The average Bonchev–Trinajstić information content (AvgIpc) is 2.01. The topological polar surface area (TPSA) is 56.3 Å². The van der Waals surface area contributed by atoms with E-state index in [0.717, 1.165) is 12.3 Å². The first-order valence-electron chi connectivity index (χ1n) is 3.09. The summed E-state index contributed by atoms with van der Waals surface area (Å²) < 4.78 is 38.9. The van der Waals surface area contributed by atoms with E-state index in [1.54, 1.807) is 0 Å². The van der Waals surface area contributed by atoms with Gasteiger partial charge in [0.1, 0.15) is 5.75 Å². The Hall–Kier alpha value is -0.880. The van der Waals surface area contributed by atoms with Gasteiger partial charge in [0.05, 0.1) is 13.3 Å². The molecule has 1 rings (SSSR count). The molecule has 0 atom stereocenters. The van der Waals surface area contributed by atoms with Crippen molar-refractivity contribution in [1.82, 2.24) is 4.98 Å². The smallest absolute Gasteiger partial charge is 0.281 e. The number of rotatable bonds is 2. The van der Waals surface area contributed by atoms with E-state index in [9.17, 15) is 12.8 Å². The molecule has 0 bridgehead atoms. The van der Waals surface area contributed by atoms with Crippen LogP contribution in [0.3, 0.4) is 0 Å². The molecular formula is C6H5ClFNO3S. The predicted octanol–water partition coefficient (Wildman–Crippen LogP) is 1.16. The highest BCUT2D eigenvalue weighted by molar-refractivity contribution is 8.13. The Morgan fingerprint density at radius 1 is 1.62 bits per heavy atom. The first kappa shape index (κ1) is 10.2. The van der Waals surface area contributed by atoms with E-state index in [1.807, 2.05) is 0 Å². The Kier molecular flexibility index (Phi) is 2.72. The van der Waals surface area contributed by atoms with Crippen LogP contribution in [0.25, 0.3) is 0 Å². The highest BCUT2D eigenvalue weighted by Crippen LogP contribution is 2.19. The number of halogens is 2. The Morgan fingerprint density at radius 2 is 2.23 bits per heavy atom. The third kappa shape index (κ3) is 2.28. The SMILES string of the molecule is COc1cnc(S(=O)(=O)Cl)c(F)c1. The van der Waals surface area contributed by atoms with Crippen molar-refractivity contribution in [1.29, 1.82) is 0 Å². The minimum atomic E-state index is -4.13. The van der Waals surface area contributed by atoms with Gasteiger partial charge in [-0.25, -0.2) is 17.8 Å². The third-order valence-electron chi connectivity index (χ3n) is 1.25. The Balaban J connectivity index is 3.29. The molecule has 13 heavy (non-hydrogen) atoms. The molecule has 0 saturated heterocycles. The van der Waals surface area contributed by atoms with Gasteiger partial charge in [0.2, 0.25) is 5.03 Å². The summed E-state index contributed by atoms with van der Waals surface area (Å²) in [5, 5.41) is -0.796. The van der Waals surface area contributed by atoms with E-state index in [0.29, 0.717) is 0 Å². The van der Waals surface area contributed by atoms with Gasteiger partial charge in [-0.2, -0.15) is 0 Å². The monoisotopic (exact) mass is 225 g/mol. The van der Waals surface area contributed by atoms with Crippen molar-refractivity contribution < 1.29 is 17.5 Å². The summed E-state index contributed by atoms with van der Waals surface area (Å²) in [6, 6.07) is 0.891. The molecule has 0 aliphatic rings. The lowest BCUT2D eigenvalue weighted by Crippen LogP contribution is -1.99. The van der Waals surface area contributed by atoms with Gasteiger partial charge in [-0.15, -0.1) is 0 Å². The van der Waals surface area contributed by atoms with Crippen molar-refractivity contribution >= 4 is 19.7 Å². The van der Waals surface area contributed by atoms with Crippen molar-refractivity contribution in [3.05, 3.63) is 18.1 Å². The van der Waals surface area contributed by atoms with Gasteiger partial charge in [0.25, 0.3) is 9.05 Å². The van der Waals surface area contributed by atoms with Crippen molar-refractivity contribution in [2.75, 3.05) is 7.11 Å². The van der Waals surface area contributed by atoms with E-state index in [4.69, 9.17) is 10.7 Å². The van der Waals surface area contributed by atoms with Crippen LogP contribution < -0.4 is 4.74 Å². The van der Waals surface area contributed by atoms with Gasteiger partial charge < -0.3 is 4.74 Å². The first-order chi connectivity index (χ1) is 5.95. The molecule has 0 N–H and O–H groups in total. The summed E-state index contributed by atoms with van der Waals surface area (Å²) in [5.41, 5.74) is 0. The molecule has 4 nitrogen and oxygen atoms in total. The largest absolute Gasteiger partial charge is 0.495 e.